The molecule has 3 aromatic heterocycles. The van der Waals surface area contributed by atoms with Gasteiger partial charge in [-0.2, -0.15) is 8.42 Å². The van der Waals surface area contributed by atoms with E-state index in [1.165, 1.54) is 16.8 Å². The van der Waals surface area contributed by atoms with Gasteiger partial charge in [-0.1, -0.05) is 12.1 Å². The molecule has 0 radical (unpaired) electrons. The lowest BCUT2D eigenvalue weighted by molar-refractivity contribution is 0.591. The number of hydrogen-bond acceptors (Lipinski definition) is 5. The molecule has 0 saturated heterocycles. The van der Waals surface area contributed by atoms with Gasteiger partial charge in [-0.25, -0.2) is 9.97 Å². The summed E-state index contributed by atoms with van der Waals surface area (Å²) in [6.45, 7) is 1.85. The second-order valence-corrected chi connectivity index (χ2v) is 8.99. The zero-order valence-electron chi connectivity index (χ0n) is 16.6. The molecular weight excluding hydrogens is 388 g/mol. The Morgan fingerprint density at radius 3 is 2.55 bits per heavy atom. The maximum Gasteiger partial charge on any atom is 0.281 e. The third-order valence-electron chi connectivity index (χ3n) is 4.96. The molecule has 9 heteroatoms. The van der Waals surface area contributed by atoms with Crippen LogP contribution in [0.15, 0.2) is 54.2 Å². The van der Waals surface area contributed by atoms with Crippen LogP contribution in [0.3, 0.4) is 0 Å². The van der Waals surface area contributed by atoms with Gasteiger partial charge in [0.05, 0.1) is 23.6 Å². The lowest BCUT2D eigenvalue weighted by atomic mass is 10.0. The number of nitrogens with zero attached hydrogens (tertiary/aromatic N) is 4. The molecule has 0 aliphatic carbocycles. The van der Waals surface area contributed by atoms with Crippen molar-refractivity contribution in [2.75, 3.05) is 30.3 Å². The average molecular weight is 411 g/mol. The third kappa shape index (κ3) is 3.13. The number of sulfonamides is 1. The number of nitrogens with one attached hydrogen (secondary N) is 2. The van der Waals surface area contributed by atoms with E-state index < -0.39 is 10.0 Å². The first-order valence-corrected chi connectivity index (χ1v) is 10.5. The van der Waals surface area contributed by atoms with Crippen LogP contribution < -0.4 is 9.21 Å². The predicted molar refractivity (Wildman–Crippen MR) is 115 cm³/mol. The summed E-state index contributed by atoms with van der Waals surface area (Å²) in [4.78, 5) is 16.2. The zero-order valence-corrected chi connectivity index (χ0v) is 17.4. The Morgan fingerprint density at radius 2 is 1.86 bits per heavy atom. The molecule has 0 fully saturated rings. The first kappa shape index (κ1) is 19.0. The van der Waals surface area contributed by atoms with E-state index >= 15 is 0 Å². The monoisotopic (exact) mass is 410 g/mol. The number of rotatable bonds is 5. The van der Waals surface area contributed by atoms with E-state index in [1.807, 2.05) is 50.3 Å². The number of benzene rings is 1. The van der Waals surface area contributed by atoms with Gasteiger partial charge in [0.2, 0.25) is 0 Å². The van der Waals surface area contributed by atoms with Crippen molar-refractivity contribution in [3.63, 3.8) is 0 Å². The number of hydrogen-bond donors (Lipinski definition) is 2. The van der Waals surface area contributed by atoms with Gasteiger partial charge < -0.3 is 14.9 Å². The van der Waals surface area contributed by atoms with Gasteiger partial charge >= 0.3 is 0 Å². The summed E-state index contributed by atoms with van der Waals surface area (Å²) in [6.07, 6.45) is 6.20. The summed E-state index contributed by atoms with van der Waals surface area (Å²) in [5.74, 6) is 0. The first-order valence-electron chi connectivity index (χ1n) is 9.02. The number of aryl methyl sites for hydroxylation is 1. The van der Waals surface area contributed by atoms with E-state index in [9.17, 15) is 8.42 Å². The summed E-state index contributed by atoms with van der Waals surface area (Å²) in [5, 5.41) is 0.794. The van der Waals surface area contributed by atoms with Crippen molar-refractivity contribution in [2.45, 2.75) is 11.9 Å². The van der Waals surface area contributed by atoms with Crippen molar-refractivity contribution < 1.29 is 8.42 Å². The lowest BCUT2D eigenvalue weighted by Crippen LogP contribution is -2.27. The number of fused-ring (bicyclic) bond motifs is 1. The highest BCUT2D eigenvalue weighted by molar-refractivity contribution is 7.92. The van der Waals surface area contributed by atoms with Crippen LogP contribution in [0, 0.1) is 6.92 Å². The van der Waals surface area contributed by atoms with Gasteiger partial charge in [-0.3, -0.25) is 4.31 Å². The van der Waals surface area contributed by atoms with Crippen molar-refractivity contribution in [2.24, 2.45) is 0 Å². The van der Waals surface area contributed by atoms with E-state index in [2.05, 4.69) is 26.0 Å². The van der Waals surface area contributed by atoms with Crippen LogP contribution >= 0.6 is 0 Å². The zero-order chi connectivity index (χ0) is 20.8. The summed E-state index contributed by atoms with van der Waals surface area (Å²) < 4.78 is 27.5. The minimum Gasteiger partial charge on any atom is -0.378 e. The van der Waals surface area contributed by atoms with Crippen LogP contribution in [0.2, 0.25) is 0 Å². The molecule has 2 N–H and O–H groups in total. The van der Waals surface area contributed by atoms with Crippen molar-refractivity contribution in [3.05, 3.63) is 54.7 Å². The minimum absolute atomic E-state index is 0.0380. The van der Waals surface area contributed by atoms with Gasteiger partial charge in [0.1, 0.15) is 5.65 Å². The van der Waals surface area contributed by atoms with Crippen molar-refractivity contribution in [3.8, 4) is 11.1 Å². The number of aromatic nitrogens is 4. The fourth-order valence-corrected chi connectivity index (χ4v) is 4.58. The number of H-pyrrole nitrogens is 2. The molecule has 0 saturated carbocycles. The molecule has 29 heavy (non-hydrogen) atoms. The SMILES string of the molecule is Cc1cnc2[nH]cc(-c3cccc(N(C)C)c3)c2c1N(C)S(=O)(=O)c1cnc[nH]1. The van der Waals surface area contributed by atoms with E-state index in [0.717, 1.165) is 27.8 Å². The van der Waals surface area contributed by atoms with Crippen molar-refractivity contribution >= 4 is 32.4 Å². The standard InChI is InChI=1S/C20H22N6O2S/c1-13-9-22-20-18(19(13)26(4)29(27,28)17-11-21-12-24-17)16(10-23-20)14-6-5-7-15(8-14)25(2)3/h5-12H,1-4H3,(H,21,24)(H,22,23). The third-order valence-corrected chi connectivity index (χ3v) is 6.64. The van der Waals surface area contributed by atoms with E-state index in [0.29, 0.717) is 11.3 Å². The van der Waals surface area contributed by atoms with Gasteiger partial charge in [-0.15, -0.1) is 0 Å². The summed E-state index contributed by atoms with van der Waals surface area (Å²) in [7, 11) is 1.72. The maximum absolute atomic E-state index is 13.1. The smallest absolute Gasteiger partial charge is 0.281 e. The number of aromatic amines is 2. The van der Waals surface area contributed by atoms with Gasteiger partial charge in [0, 0.05) is 44.8 Å². The van der Waals surface area contributed by atoms with E-state index in [-0.39, 0.29) is 5.03 Å². The predicted octanol–water partition coefficient (Wildman–Crippen LogP) is 3.15. The maximum atomic E-state index is 13.1. The topological polar surface area (TPSA) is 98.0 Å². The Labute approximate surface area is 169 Å². The summed E-state index contributed by atoms with van der Waals surface area (Å²) in [5.41, 5.74) is 4.88. The number of imidazole rings is 1. The summed E-state index contributed by atoms with van der Waals surface area (Å²) in [6, 6.07) is 8.08. The average Bonchev–Trinajstić information content (AvgIpc) is 3.38. The van der Waals surface area contributed by atoms with Crippen molar-refractivity contribution in [1.82, 2.24) is 19.9 Å². The lowest BCUT2D eigenvalue weighted by Gasteiger charge is -2.22. The van der Waals surface area contributed by atoms with Crippen LogP contribution in [0.1, 0.15) is 5.56 Å². The molecule has 4 rings (SSSR count). The Kier molecular flexibility index (Phi) is 4.54. The second kappa shape index (κ2) is 6.93. The van der Waals surface area contributed by atoms with Crippen LogP contribution in [0.5, 0.6) is 0 Å². The molecule has 0 unspecified atom stereocenters. The molecule has 8 nitrogen and oxygen atoms in total. The molecule has 3 heterocycles. The van der Waals surface area contributed by atoms with E-state index in [1.54, 1.807) is 13.2 Å². The Hall–Kier alpha value is -3.33. The highest BCUT2D eigenvalue weighted by Crippen LogP contribution is 2.39. The fourth-order valence-electron chi connectivity index (χ4n) is 3.41. The van der Waals surface area contributed by atoms with Crippen LogP contribution in [-0.2, 0) is 10.0 Å². The normalized spacial score (nSPS) is 11.7. The minimum atomic E-state index is -3.80. The van der Waals surface area contributed by atoms with E-state index in [4.69, 9.17) is 0 Å². The van der Waals surface area contributed by atoms with Gasteiger partial charge in [0.15, 0.2) is 5.03 Å². The molecule has 0 aliphatic heterocycles. The molecular formula is C20H22N6O2S. The molecule has 0 bridgehead atoms. The van der Waals surface area contributed by atoms with Crippen LogP contribution in [0.4, 0.5) is 11.4 Å². The molecule has 0 atom stereocenters. The number of pyridine rings is 1. The second-order valence-electron chi connectivity index (χ2n) is 7.05. The highest BCUT2D eigenvalue weighted by atomic mass is 32.2. The fraction of sp³-hybridized carbons (Fsp3) is 0.200. The Bertz CT molecular complexity index is 1280. The van der Waals surface area contributed by atoms with Crippen LogP contribution in [0.25, 0.3) is 22.2 Å². The quantitative estimate of drug-likeness (QED) is 0.527. The Balaban J connectivity index is 1.95. The molecule has 0 spiro atoms. The molecule has 1 aromatic carbocycles. The van der Waals surface area contributed by atoms with Crippen LogP contribution in [-0.4, -0.2) is 49.5 Å². The molecule has 150 valence electrons. The summed E-state index contributed by atoms with van der Waals surface area (Å²) >= 11 is 0. The highest BCUT2D eigenvalue weighted by Gasteiger charge is 2.27. The first-order chi connectivity index (χ1) is 13.8. The largest absolute Gasteiger partial charge is 0.378 e. The molecule has 4 aromatic rings. The van der Waals surface area contributed by atoms with Gasteiger partial charge in [-0.05, 0) is 30.2 Å². The molecule has 0 amide bonds. The molecule has 0 aliphatic rings. The number of anilines is 2. The Morgan fingerprint density at radius 1 is 1.07 bits per heavy atom. The van der Waals surface area contributed by atoms with Crippen molar-refractivity contribution in [1.29, 1.82) is 0 Å². The van der Waals surface area contributed by atoms with Gasteiger partial charge in [0.25, 0.3) is 10.0 Å².